The van der Waals surface area contributed by atoms with Crippen LogP contribution in [0.2, 0.25) is 5.02 Å². The lowest BCUT2D eigenvalue weighted by molar-refractivity contribution is 0.306. The highest BCUT2D eigenvalue weighted by molar-refractivity contribution is 6.30. The van der Waals surface area contributed by atoms with E-state index in [1.54, 1.807) is 6.20 Å². The van der Waals surface area contributed by atoms with Gasteiger partial charge in [-0.25, -0.2) is 4.98 Å². The summed E-state index contributed by atoms with van der Waals surface area (Å²) >= 11 is 5.90. The second-order valence-corrected chi connectivity index (χ2v) is 6.94. The van der Waals surface area contributed by atoms with Crippen LogP contribution < -0.4 is 15.0 Å². The summed E-state index contributed by atoms with van der Waals surface area (Å²) in [6.07, 6.45) is 4.21. The lowest BCUT2D eigenvalue weighted by atomic mass is 10.2. The molecule has 1 N–H and O–H groups in total. The Labute approximate surface area is 164 Å². The first-order chi connectivity index (χ1) is 13.3. The van der Waals surface area contributed by atoms with Crippen LogP contribution in [0.1, 0.15) is 18.4 Å². The Morgan fingerprint density at radius 1 is 0.963 bits per heavy atom. The maximum absolute atomic E-state index is 5.90. The topological polar surface area (TPSA) is 50.3 Å². The van der Waals surface area contributed by atoms with Gasteiger partial charge in [0.2, 0.25) is 5.95 Å². The Morgan fingerprint density at radius 2 is 1.70 bits per heavy atom. The van der Waals surface area contributed by atoms with Gasteiger partial charge in [0.1, 0.15) is 18.2 Å². The van der Waals surface area contributed by atoms with Crippen molar-refractivity contribution in [2.75, 3.05) is 23.3 Å². The fourth-order valence-electron chi connectivity index (χ4n) is 3.02. The van der Waals surface area contributed by atoms with Crippen LogP contribution in [0.5, 0.6) is 5.75 Å². The average Bonchev–Trinajstić information content (AvgIpc) is 3.24. The lowest BCUT2D eigenvalue weighted by Crippen LogP contribution is -2.20. The van der Waals surface area contributed by atoms with Crippen LogP contribution in [-0.2, 0) is 6.61 Å². The van der Waals surface area contributed by atoms with Crippen molar-refractivity contribution in [2.24, 2.45) is 0 Å². The second kappa shape index (κ2) is 8.27. The van der Waals surface area contributed by atoms with E-state index in [0.717, 1.165) is 46.9 Å². The average molecular weight is 381 g/mol. The van der Waals surface area contributed by atoms with Crippen molar-refractivity contribution in [1.82, 2.24) is 9.97 Å². The largest absolute Gasteiger partial charge is 0.489 e. The number of hydrogen-bond donors (Lipinski definition) is 1. The molecule has 1 saturated heterocycles. The fraction of sp³-hybridized carbons (Fsp3) is 0.238. The molecule has 0 spiro atoms. The molecule has 2 heterocycles. The smallest absolute Gasteiger partial charge is 0.227 e. The van der Waals surface area contributed by atoms with Crippen LogP contribution in [0.3, 0.4) is 0 Å². The summed E-state index contributed by atoms with van der Waals surface area (Å²) in [5, 5.41) is 4.06. The Bertz CT molecular complexity index is 877. The summed E-state index contributed by atoms with van der Waals surface area (Å²) in [6, 6.07) is 17.4. The predicted octanol–water partition coefficient (Wildman–Crippen LogP) is 5.05. The van der Waals surface area contributed by atoms with E-state index in [-0.39, 0.29) is 0 Å². The van der Waals surface area contributed by atoms with Crippen LogP contribution in [0.4, 0.5) is 17.5 Å². The summed E-state index contributed by atoms with van der Waals surface area (Å²) in [6.45, 7) is 2.57. The molecule has 1 aliphatic rings. The molecule has 2 aromatic carbocycles. The van der Waals surface area contributed by atoms with Gasteiger partial charge in [-0.2, -0.15) is 4.98 Å². The van der Waals surface area contributed by atoms with Crippen molar-refractivity contribution >= 4 is 29.1 Å². The predicted molar refractivity (Wildman–Crippen MR) is 109 cm³/mol. The van der Waals surface area contributed by atoms with Crippen molar-refractivity contribution in [3.63, 3.8) is 0 Å². The molecular formula is C21H21ClN4O. The molecule has 138 valence electrons. The van der Waals surface area contributed by atoms with E-state index in [1.807, 2.05) is 54.6 Å². The van der Waals surface area contributed by atoms with Gasteiger partial charge in [0.25, 0.3) is 0 Å². The number of nitrogens with zero attached hydrogens (tertiary/aromatic N) is 3. The van der Waals surface area contributed by atoms with Crippen molar-refractivity contribution in [3.8, 4) is 5.75 Å². The standard InChI is InChI=1S/C21H21ClN4O/c22-17-5-3-16(4-6-17)15-27-19-9-7-18(8-10-19)24-20-11-12-23-21(25-20)26-13-1-2-14-26/h3-12H,1-2,13-15H2,(H,23,24,25). The molecule has 0 amide bonds. The molecule has 0 radical (unpaired) electrons. The van der Waals surface area contributed by atoms with Gasteiger partial charge in [-0.1, -0.05) is 23.7 Å². The zero-order valence-corrected chi connectivity index (χ0v) is 15.7. The molecule has 0 unspecified atom stereocenters. The fourth-order valence-corrected chi connectivity index (χ4v) is 3.14. The molecular weight excluding hydrogens is 360 g/mol. The number of halogens is 1. The van der Waals surface area contributed by atoms with Crippen molar-refractivity contribution < 1.29 is 4.74 Å². The summed E-state index contributed by atoms with van der Waals surface area (Å²) in [7, 11) is 0. The summed E-state index contributed by atoms with van der Waals surface area (Å²) < 4.78 is 5.82. The number of aromatic nitrogens is 2. The third-order valence-electron chi connectivity index (χ3n) is 4.48. The Balaban J connectivity index is 1.36. The van der Waals surface area contributed by atoms with E-state index in [0.29, 0.717) is 6.61 Å². The quantitative estimate of drug-likeness (QED) is 0.648. The molecule has 1 fully saturated rings. The summed E-state index contributed by atoms with van der Waals surface area (Å²) in [5.41, 5.74) is 2.04. The minimum absolute atomic E-state index is 0.509. The zero-order chi connectivity index (χ0) is 18.5. The van der Waals surface area contributed by atoms with E-state index < -0.39 is 0 Å². The molecule has 5 nitrogen and oxygen atoms in total. The van der Waals surface area contributed by atoms with Crippen LogP contribution >= 0.6 is 11.6 Å². The highest BCUT2D eigenvalue weighted by atomic mass is 35.5. The van der Waals surface area contributed by atoms with Crippen LogP contribution in [0, 0.1) is 0 Å². The molecule has 0 aliphatic carbocycles. The van der Waals surface area contributed by atoms with Gasteiger partial charge in [0, 0.05) is 30.0 Å². The molecule has 1 aliphatic heterocycles. The highest BCUT2D eigenvalue weighted by Crippen LogP contribution is 2.22. The summed E-state index contributed by atoms with van der Waals surface area (Å²) in [4.78, 5) is 11.2. The Kier molecular flexibility index (Phi) is 5.39. The second-order valence-electron chi connectivity index (χ2n) is 6.50. The first-order valence-corrected chi connectivity index (χ1v) is 9.46. The third-order valence-corrected chi connectivity index (χ3v) is 4.73. The van der Waals surface area contributed by atoms with E-state index in [9.17, 15) is 0 Å². The van der Waals surface area contributed by atoms with Crippen LogP contribution in [0.15, 0.2) is 60.8 Å². The third kappa shape index (κ3) is 4.68. The van der Waals surface area contributed by atoms with Crippen molar-refractivity contribution in [2.45, 2.75) is 19.4 Å². The molecule has 0 saturated carbocycles. The van der Waals surface area contributed by atoms with Crippen molar-refractivity contribution in [3.05, 3.63) is 71.4 Å². The highest BCUT2D eigenvalue weighted by Gasteiger charge is 2.14. The van der Waals surface area contributed by atoms with Gasteiger partial charge in [-0.05, 0) is 60.9 Å². The minimum Gasteiger partial charge on any atom is -0.489 e. The number of anilines is 3. The van der Waals surface area contributed by atoms with E-state index >= 15 is 0 Å². The molecule has 1 aromatic heterocycles. The molecule has 4 rings (SSSR count). The van der Waals surface area contributed by atoms with Gasteiger partial charge in [-0.3, -0.25) is 0 Å². The van der Waals surface area contributed by atoms with E-state index in [2.05, 4.69) is 20.2 Å². The maximum Gasteiger partial charge on any atom is 0.227 e. The Morgan fingerprint density at radius 3 is 2.44 bits per heavy atom. The minimum atomic E-state index is 0.509. The Hall–Kier alpha value is -2.79. The number of benzene rings is 2. The molecule has 3 aromatic rings. The van der Waals surface area contributed by atoms with E-state index in [4.69, 9.17) is 16.3 Å². The number of hydrogen-bond acceptors (Lipinski definition) is 5. The lowest BCUT2D eigenvalue weighted by Gasteiger charge is -2.15. The van der Waals surface area contributed by atoms with Gasteiger partial charge in [0.15, 0.2) is 0 Å². The first kappa shape index (κ1) is 17.6. The number of ether oxygens (including phenoxy) is 1. The molecule has 27 heavy (non-hydrogen) atoms. The number of rotatable bonds is 6. The molecule has 6 heteroatoms. The number of nitrogens with one attached hydrogen (secondary N) is 1. The normalized spacial score (nSPS) is 13.6. The molecule has 0 atom stereocenters. The zero-order valence-electron chi connectivity index (χ0n) is 14.9. The van der Waals surface area contributed by atoms with Crippen LogP contribution in [0.25, 0.3) is 0 Å². The van der Waals surface area contributed by atoms with Gasteiger partial charge < -0.3 is 15.0 Å². The van der Waals surface area contributed by atoms with Gasteiger partial charge >= 0.3 is 0 Å². The molecule has 0 bridgehead atoms. The van der Waals surface area contributed by atoms with Gasteiger partial charge in [-0.15, -0.1) is 0 Å². The van der Waals surface area contributed by atoms with Gasteiger partial charge in [0.05, 0.1) is 0 Å². The first-order valence-electron chi connectivity index (χ1n) is 9.09. The SMILES string of the molecule is Clc1ccc(COc2ccc(Nc3ccnc(N4CCCC4)n3)cc2)cc1. The monoisotopic (exact) mass is 380 g/mol. The van der Waals surface area contributed by atoms with E-state index in [1.165, 1.54) is 12.8 Å². The summed E-state index contributed by atoms with van der Waals surface area (Å²) in [5.74, 6) is 2.40. The van der Waals surface area contributed by atoms with Crippen LogP contribution in [-0.4, -0.2) is 23.1 Å². The maximum atomic E-state index is 5.90. The van der Waals surface area contributed by atoms with Crippen molar-refractivity contribution in [1.29, 1.82) is 0 Å².